The molecular formula is C26H28. The molecule has 0 fully saturated rings. The van der Waals surface area contributed by atoms with Crippen LogP contribution in [0.5, 0.6) is 0 Å². The Balaban J connectivity index is 0.000000153. The van der Waals surface area contributed by atoms with Crippen LogP contribution in [0.15, 0.2) is 91.0 Å². The summed E-state index contributed by atoms with van der Waals surface area (Å²) in [6, 6.07) is 32.2. The van der Waals surface area contributed by atoms with Gasteiger partial charge in [-0.25, -0.2) is 0 Å². The molecule has 4 aromatic rings. The van der Waals surface area contributed by atoms with Crippen molar-refractivity contribution in [3.05, 3.63) is 96.6 Å². The van der Waals surface area contributed by atoms with E-state index in [-0.39, 0.29) is 0 Å². The third kappa shape index (κ3) is 5.20. The first-order chi connectivity index (χ1) is 12.9. The normalized spacial score (nSPS) is 10.5. The van der Waals surface area contributed by atoms with Crippen LogP contribution in [-0.2, 0) is 6.42 Å². The Bertz CT molecular complexity index is 817. The van der Waals surface area contributed by atoms with Crippen molar-refractivity contribution in [2.45, 2.75) is 39.0 Å². The number of hydrogen-bond donors (Lipinski definition) is 0. The van der Waals surface area contributed by atoms with E-state index in [0.29, 0.717) is 0 Å². The number of aryl methyl sites for hydroxylation is 1. The summed E-state index contributed by atoms with van der Waals surface area (Å²) in [4.78, 5) is 0. The highest BCUT2D eigenvalue weighted by Gasteiger charge is 1.95. The van der Waals surface area contributed by atoms with Crippen LogP contribution in [0.1, 0.15) is 38.2 Å². The summed E-state index contributed by atoms with van der Waals surface area (Å²) < 4.78 is 0. The Morgan fingerprint density at radius 3 is 1.42 bits per heavy atom. The van der Waals surface area contributed by atoms with Crippen LogP contribution >= 0.6 is 0 Å². The summed E-state index contributed by atoms with van der Waals surface area (Å²) >= 11 is 0. The summed E-state index contributed by atoms with van der Waals surface area (Å²) in [5.41, 5.74) is 1.48. The van der Waals surface area contributed by atoms with Gasteiger partial charge in [0.1, 0.15) is 0 Å². The lowest BCUT2D eigenvalue weighted by molar-refractivity contribution is 0.667. The Hall–Kier alpha value is -2.60. The van der Waals surface area contributed by atoms with Crippen LogP contribution in [0.2, 0.25) is 0 Å². The van der Waals surface area contributed by atoms with E-state index in [1.807, 2.05) is 0 Å². The Morgan fingerprint density at radius 1 is 0.500 bits per heavy atom. The highest BCUT2D eigenvalue weighted by Crippen LogP contribution is 2.22. The molecule has 0 unspecified atom stereocenters. The molecular weight excluding hydrogens is 312 g/mol. The number of hydrogen-bond acceptors (Lipinski definition) is 0. The molecule has 0 saturated carbocycles. The fraction of sp³-hybridized carbons (Fsp3) is 0.231. The fourth-order valence-electron chi connectivity index (χ4n) is 3.28. The highest BCUT2D eigenvalue weighted by molar-refractivity contribution is 5.98. The maximum absolute atomic E-state index is 2.25. The van der Waals surface area contributed by atoms with Gasteiger partial charge in [0, 0.05) is 0 Å². The number of rotatable bonds is 5. The molecule has 0 bridgehead atoms. The third-order valence-corrected chi connectivity index (χ3v) is 4.78. The molecule has 0 atom stereocenters. The molecule has 0 saturated heterocycles. The van der Waals surface area contributed by atoms with E-state index >= 15 is 0 Å². The van der Waals surface area contributed by atoms with Gasteiger partial charge in [-0.1, -0.05) is 105 Å². The van der Waals surface area contributed by atoms with Crippen molar-refractivity contribution in [2.75, 3.05) is 0 Å². The zero-order valence-corrected chi connectivity index (χ0v) is 15.7. The van der Waals surface area contributed by atoms with E-state index < -0.39 is 0 Å². The molecule has 0 spiro atoms. The number of benzene rings is 4. The number of unbranched alkanes of at least 4 members (excludes halogenated alkanes) is 3. The Kier molecular flexibility index (Phi) is 6.84. The summed E-state index contributed by atoms with van der Waals surface area (Å²) in [6.07, 6.45) is 6.69. The molecule has 0 heteroatoms. The molecule has 0 radical (unpaired) electrons. The predicted molar refractivity (Wildman–Crippen MR) is 116 cm³/mol. The van der Waals surface area contributed by atoms with Crippen LogP contribution in [0.4, 0.5) is 0 Å². The van der Waals surface area contributed by atoms with Crippen LogP contribution in [0.25, 0.3) is 21.5 Å². The van der Waals surface area contributed by atoms with Gasteiger partial charge in [0.2, 0.25) is 0 Å². The molecule has 0 aromatic heterocycles. The first kappa shape index (κ1) is 18.2. The number of fused-ring (bicyclic) bond motifs is 2. The lowest BCUT2D eigenvalue weighted by Crippen LogP contribution is -1.84. The minimum Gasteiger partial charge on any atom is -0.0654 e. The quantitative estimate of drug-likeness (QED) is 0.257. The van der Waals surface area contributed by atoms with Gasteiger partial charge in [-0.2, -0.15) is 0 Å². The summed E-state index contributed by atoms with van der Waals surface area (Å²) in [5.74, 6) is 0. The maximum atomic E-state index is 2.25. The molecule has 4 rings (SSSR count). The zero-order valence-electron chi connectivity index (χ0n) is 15.7. The van der Waals surface area contributed by atoms with Crippen molar-refractivity contribution in [2.24, 2.45) is 0 Å². The highest BCUT2D eigenvalue weighted by atomic mass is 14.0. The SMILES string of the molecule is CCCCCCc1ccccc1.c1ccc2cc3ccccc3cc2c1. The van der Waals surface area contributed by atoms with Gasteiger partial charge in [0.05, 0.1) is 0 Å². The molecule has 132 valence electrons. The van der Waals surface area contributed by atoms with Crippen LogP contribution in [0, 0.1) is 0 Å². The van der Waals surface area contributed by atoms with E-state index in [0.717, 1.165) is 0 Å². The van der Waals surface area contributed by atoms with Gasteiger partial charge in [-0.05, 0) is 52.1 Å². The first-order valence-electron chi connectivity index (χ1n) is 9.78. The van der Waals surface area contributed by atoms with E-state index in [9.17, 15) is 0 Å². The van der Waals surface area contributed by atoms with Crippen molar-refractivity contribution in [1.29, 1.82) is 0 Å². The van der Waals surface area contributed by atoms with Crippen molar-refractivity contribution >= 4 is 21.5 Å². The van der Waals surface area contributed by atoms with Gasteiger partial charge >= 0.3 is 0 Å². The van der Waals surface area contributed by atoms with Crippen molar-refractivity contribution < 1.29 is 0 Å². The second kappa shape index (κ2) is 9.77. The average molecular weight is 341 g/mol. The van der Waals surface area contributed by atoms with E-state index in [1.54, 1.807) is 0 Å². The smallest absolute Gasteiger partial charge is 0.0178 e. The van der Waals surface area contributed by atoms with Crippen molar-refractivity contribution in [3.8, 4) is 0 Å². The molecule has 0 aliphatic rings. The van der Waals surface area contributed by atoms with Gasteiger partial charge in [-0.3, -0.25) is 0 Å². The van der Waals surface area contributed by atoms with Crippen LogP contribution < -0.4 is 0 Å². The maximum Gasteiger partial charge on any atom is -0.0178 e. The molecule has 4 aromatic carbocycles. The second-order valence-corrected chi connectivity index (χ2v) is 6.84. The first-order valence-corrected chi connectivity index (χ1v) is 9.78. The van der Waals surface area contributed by atoms with Gasteiger partial charge < -0.3 is 0 Å². The molecule has 0 nitrogen and oxygen atoms in total. The Labute approximate surface area is 157 Å². The van der Waals surface area contributed by atoms with Gasteiger partial charge in [-0.15, -0.1) is 0 Å². The molecule has 0 heterocycles. The fourth-order valence-corrected chi connectivity index (χ4v) is 3.28. The third-order valence-electron chi connectivity index (χ3n) is 4.78. The summed E-state index contributed by atoms with van der Waals surface area (Å²) in [6.45, 7) is 2.25. The lowest BCUT2D eigenvalue weighted by Gasteiger charge is -2.00. The van der Waals surface area contributed by atoms with Crippen LogP contribution in [-0.4, -0.2) is 0 Å². The van der Waals surface area contributed by atoms with Crippen LogP contribution in [0.3, 0.4) is 0 Å². The lowest BCUT2D eigenvalue weighted by atomic mass is 10.0. The van der Waals surface area contributed by atoms with E-state index in [4.69, 9.17) is 0 Å². The van der Waals surface area contributed by atoms with Crippen molar-refractivity contribution in [1.82, 2.24) is 0 Å². The average Bonchev–Trinajstić information content (AvgIpc) is 2.71. The zero-order chi connectivity index (χ0) is 18.0. The van der Waals surface area contributed by atoms with Crippen molar-refractivity contribution in [3.63, 3.8) is 0 Å². The molecule has 0 aliphatic carbocycles. The Morgan fingerprint density at radius 2 is 0.962 bits per heavy atom. The monoisotopic (exact) mass is 340 g/mol. The standard InChI is InChI=1S/C14H10.C12H18/c1-2-6-12-10-14-8-4-3-7-13(14)9-11(12)5-1;1-2-3-4-6-9-12-10-7-5-8-11-12/h1-10H;5,7-8,10-11H,2-4,6,9H2,1H3. The second-order valence-electron chi connectivity index (χ2n) is 6.84. The topological polar surface area (TPSA) is 0 Å². The minimum absolute atomic E-state index is 1.25. The molecule has 26 heavy (non-hydrogen) atoms. The minimum atomic E-state index is 1.25. The predicted octanol–water partition coefficient (Wildman–Crippen LogP) is 7.80. The molecule has 0 aliphatic heterocycles. The summed E-state index contributed by atoms with van der Waals surface area (Å²) in [5, 5.41) is 5.25. The van der Waals surface area contributed by atoms with E-state index in [1.165, 1.54) is 59.2 Å². The van der Waals surface area contributed by atoms with Gasteiger partial charge in [0.15, 0.2) is 0 Å². The summed E-state index contributed by atoms with van der Waals surface area (Å²) in [7, 11) is 0. The van der Waals surface area contributed by atoms with Gasteiger partial charge in [0.25, 0.3) is 0 Å². The van der Waals surface area contributed by atoms with E-state index in [2.05, 4.69) is 97.9 Å². The molecule has 0 amide bonds. The largest absolute Gasteiger partial charge is 0.0654 e. The molecule has 0 N–H and O–H groups in total.